The number of ketones is 2. The number of hydrogen-bond donors (Lipinski definition) is 6. The number of fused-ring (bicyclic) bond motifs is 2. The lowest BCUT2D eigenvalue weighted by molar-refractivity contribution is 0.0829. The number of ether oxygens (including phenoxy) is 2. The first-order chi connectivity index (χ1) is 20.8. The van der Waals surface area contributed by atoms with Gasteiger partial charge in [0.05, 0.1) is 38.2 Å². The molecule has 43 heavy (non-hydrogen) atoms. The SMILES string of the molecule is O=C1CC(c2ccccc2)Oc2c(O)c(CO)cc(O)c21.O=C1CC(c2ccccc2)Oc2c1cc(CO)c(CO)c2O. The molecule has 2 unspecified atom stereocenters. The van der Waals surface area contributed by atoms with Gasteiger partial charge in [0.2, 0.25) is 0 Å². The molecule has 0 aromatic heterocycles. The first-order valence-electron chi connectivity index (χ1n) is 13.5. The number of aromatic hydroxyl groups is 3. The maximum absolute atomic E-state index is 12.4. The summed E-state index contributed by atoms with van der Waals surface area (Å²) in [7, 11) is 0. The molecule has 0 fully saturated rings. The normalized spacial score (nSPS) is 17.1. The van der Waals surface area contributed by atoms with Crippen molar-refractivity contribution in [2.75, 3.05) is 0 Å². The molecule has 10 heteroatoms. The van der Waals surface area contributed by atoms with E-state index in [0.717, 1.165) is 11.1 Å². The Morgan fingerprint density at radius 1 is 0.628 bits per heavy atom. The quantitative estimate of drug-likeness (QED) is 0.184. The second kappa shape index (κ2) is 12.5. The molecular formula is C33H30O10. The van der Waals surface area contributed by atoms with Crippen LogP contribution < -0.4 is 9.47 Å². The monoisotopic (exact) mass is 586 g/mol. The van der Waals surface area contributed by atoms with Crippen molar-refractivity contribution in [1.29, 1.82) is 0 Å². The Kier molecular flexibility index (Phi) is 8.63. The van der Waals surface area contributed by atoms with Crippen molar-refractivity contribution >= 4 is 11.6 Å². The zero-order valence-electron chi connectivity index (χ0n) is 22.9. The fourth-order valence-electron chi connectivity index (χ4n) is 5.20. The minimum Gasteiger partial charge on any atom is -0.507 e. The highest BCUT2D eigenvalue weighted by Crippen LogP contribution is 2.47. The van der Waals surface area contributed by atoms with E-state index in [1.807, 2.05) is 60.7 Å². The van der Waals surface area contributed by atoms with Crippen molar-refractivity contribution in [2.45, 2.75) is 44.9 Å². The van der Waals surface area contributed by atoms with E-state index < -0.39 is 25.4 Å². The van der Waals surface area contributed by atoms with Crippen molar-refractivity contribution in [2.24, 2.45) is 0 Å². The topological polar surface area (TPSA) is 174 Å². The number of carbonyl (C=O) groups is 2. The predicted molar refractivity (Wildman–Crippen MR) is 153 cm³/mol. The summed E-state index contributed by atoms with van der Waals surface area (Å²) < 4.78 is 11.5. The van der Waals surface area contributed by atoms with Crippen LogP contribution in [0.1, 0.15) is 73.6 Å². The number of benzene rings is 4. The molecule has 4 aromatic rings. The zero-order valence-corrected chi connectivity index (χ0v) is 22.9. The first-order valence-corrected chi connectivity index (χ1v) is 13.5. The summed E-state index contributed by atoms with van der Waals surface area (Å²) in [6.07, 6.45) is -0.744. The number of aliphatic hydroxyl groups is 3. The molecule has 2 aliphatic heterocycles. The highest BCUT2D eigenvalue weighted by atomic mass is 16.5. The molecule has 0 bridgehead atoms. The van der Waals surface area contributed by atoms with Gasteiger partial charge in [0.15, 0.2) is 34.6 Å². The van der Waals surface area contributed by atoms with Crippen molar-refractivity contribution in [3.63, 3.8) is 0 Å². The summed E-state index contributed by atoms with van der Waals surface area (Å²) in [5.41, 5.74) is 2.50. The summed E-state index contributed by atoms with van der Waals surface area (Å²) >= 11 is 0. The van der Waals surface area contributed by atoms with Gasteiger partial charge in [-0.25, -0.2) is 0 Å². The molecule has 6 N–H and O–H groups in total. The summed E-state index contributed by atoms with van der Waals surface area (Å²) in [6, 6.07) is 21.1. The minimum atomic E-state index is -0.523. The van der Waals surface area contributed by atoms with E-state index in [2.05, 4.69) is 0 Å². The van der Waals surface area contributed by atoms with Gasteiger partial charge in [0.1, 0.15) is 23.5 Å². The second-order valence-electron chi connectivity index (χ2n) is 10.1. The van der Waals surface area contributed by atoms with E-state index in [1.54, 1.807) is 0 Å². The number of carbonyl (C=O) groups excluding carboxylic acids is 2. The van der Waals surface area contributed by atoms with Crippen molar-refractivity contribution < 1.29 is 49.7 Å². The van der Waals surface area contributed by atoms with Gasteiger partial charge in [-0.05, 0) is 28.8 Å². The predicted octanol–water partition coefficient (Wildman–Crippen LogP) is 4.38. The number of rotatable bonds is 5. The largest absolute Gasteiger partial charge is 0.507 e. The Labute approximate surface area is 246 Å². The van der Waals surface area contributed by atoms with Crippen molar-refractivity contribution in [3.8, 4) is 28.7 Å². The second-order valence-corrected chi connectivity index (χ2v) is 10.1. The van der Waals surface area contributed by atoms with Crippen LogP contribution in [0.2, 0.25) is 0 Å². The highest BCUT2D eigenvalue weighted by Gasteiger charge is 2.34. The molecule has 0 radical (unpaired) electrons. The Bertz CT molecular complexity index is 1650. The van der Waals surface area contributed by atoms with Crippen LogP contribution in [0.5, 0.6) is 28.7 Å². The van der Waals surface area contributed by atoms with E-state index in [-0.39, 0.29) is 82.0 Å². The van der Waals surface area contributed by atoms with Crippen LogP contribution in [0.15, 0.2) is 72.8 Å². The molecule has 0 aliphatic carbocycles. The first kappa shape index (κ1) is 29.6. The van der Waals surface area contributed by atoms with Crippen molar-refractivity contribution in [1.82, 2.24) is 0 Å². The zero-order chi connectivity index (χ0) is 30.7. The summed E-state index contributed by atoms with van der Waals surface area (Å²) in [6.45, 7) is -1.27. The molecule has 0 amide bonds. The van der Waals surface area contributed by atoms with E-state index in [0.29, 0.717) is 5.56 Å². The molecule has 0 saturated heterocycles. The molecule has 2 aliphatic rings. The molecule has 2 heterocycles. The van der Waals surface area contributed by atoms with Gasteiger partial charge in [-0.15, -0.1) is 0 Å². The van der Waals surface area contributed by atoms with Crippen LogP contribution >= 0.6 is 0 Å². The number of aliphatic hydroxyl groups excluding tert-OH is 3. The third-order valence-electron chi connectivity index (χ3n) is 7.45. The Balaban J connectivity index is 0.000000171. The van der Waals surface area contributed by atoms with Crippen molar-refractivity contribution in [3.05, 3.63) is 112 Å². The average Bonchev–Trinajstić information content (AvgIpc) is 3.03. The molecular weight excluding hydrogens is 556 g/mol. The number of hydrogen-bond acceptors (Lipinski definition) is 10. The molecule has 0 saturated carbocycles. The van der Waals surface area contributed by atoms with Gasteiger partial charge in [0, 0.05) is 11.1 Å². The summed E-state index contributed by atoms with van der Waals surface area (Å²) in [4.78, 5) is 24.6. The number of phenols is 3. The van der Waals surface area contributed by atoms with Crippen LogP contribution in [-0.2, 0) is 19.8 Å². The Morgan fingerprint density at radius 2 is 1.16 bits per heavy atom. The Hall–Kier alpha value is -4.90. The molecule has 10 nitrogen and oxygen atoms in total. The molecule has 2 atom stereocenters. The summed E-state index contributed by atoms with van der Waals surface area (Å²) in [5.74, 6) is -1.33. The lowest BCUT2D eigenvalue weighted by Gasteiger charge is -2.27. The molecule has 4 aromatic carbocycles. The fourth-order valence-corrected chi connectivity index (χ4v) is 5.20. The maximum Gasteiger partial charge on any atom is 0.176 e. The van der Waals surface area contributed by atoms with Gasteiger partial charge < -0.3 is 40.1 Å². The van der Waals surface area contributed by atoms with Crippen LogP contribution in [0, 0.1) is 0 Å². The highest BCUT2D eigenvalue weighted by molar-refractivity contribution is 6.03. The van der Waals surface area contributed by atoms with Gasteiger partial charge in [-0.2, -0.15) is 0 Å². The van der Waals surface area contributed by atoms with E-state index in [9.17, 15) is 40.2 Å². The third-order valence-corrected chi connectivity index (χ3v) is 7.45. The lowest BCUT2D eigenvalue weighted by atomic mass is 9.92. The fraction of sp³-hybridized carbons (Fsp3) is 0.212. The van der Waals surface area contributed by atoms with Crippen LogP contribution in [-0.4, -0.2) is 42.2 Å². The molecule has 0 spiro atoms. The van der Waals surface area contributed by atoms with Crippen LogP contribution in [0.3, 0.4) is 0 Å². The number of phenolic OH excluding ortho intramolecular Hbond substituents is 1. The van der Waals surface area contributed by atoms with Gasteiger partial charge in [-0.3, -0.25) is 9.59 Å². The maximum atomic E-state index is 12.4. The lowest BCUT2D eigenvalue weighted by Crippen LogP contribution is -2.21. The smallest absolute Gasteiger partial charge is 0.176 e. The van der Waals surface area contributed by atoms with E-state index in [1.165, 1.54) is 12.1 Å². The van der Waals surface area contributed by atoms with Gasteiger partial charge >= 0.3 is 0 Å². The molecule has 6 rings (SSSR count). The number of Topliss-reactive ketones (excluding diaryl/α,β-unsaturated/α-hetero) is 2. The van der Waals surface area contributed by atoms with Crippen LogP contribution in [0.25, 0.3) is 0 Å². The summed E-state index contributed by atoms with van der Waals surface area (Å²) in [5, 5.41) is 58.1. The standard InChI is InChI=1S/C17H16O5.C16H14O5/c18-8-11-6-12-14(20)7-15(10-4-2-1-3-5-10)22-17(12)16(21)13(11)9-19;17-8-10-6-11(18)14-12(19)7-13(21-16(14)15(10)20)9-4-2-1-3-5-9/h1-6,15,18-19,21H,7-9H2;1-6,13,17-18,20H,7-8H2. The van der Waals surface area contributed by atoms with Gasteiger partial charge in [-0.1, -0.05) is 60.7 Å². The van der Waals surface area contributed by atoms with Crippen LogP contribution in [0.4, 0.5) is 0 Å². The van der Waals surface area contributed by atoms with E-state index in [4.69, 9.17) is 9.47 Å². The minimum absolute atomic E-state index is 0.0307. The average molecular weight is 587 g/mol. The van der Waals surface area contributed by atoms with Gasteiger partial charge in [0.25, 0.3) is 0 Å². The van der Waals surface area contributed by atoms with E-state index >= 15 is 0 Å². The Morgan fingerprint density at radius 3 is 1.70 bits per heavy atom. The molecule has 222 valence electrons. The third kappa shape index (κ3) is 5.76.